The normalized spacial score (nSPS) is 11.2. The molecular formula is C16H13F3O2. The van der Waals surface area contributed by atoms with Crippen LogP contribution in [-0.4, -0.2) is 12.1 Å². The van der Waals surface area contributed by atoms with Gasteiger partial charge in [-0.15, -0.1) is 13.2 Å². The Morgan fingerprint density at radius 1 is 1.00 bits per heavy atom. The molecule has 0 bridgehead atoms. The zero-order chi connectivity index (χ0) is 15.3. The molecule has 2 aromatic carbocycles. The monoisotopic (exact) mass is 294 g/mol. The molecule has 0 N–H and O–H groups in total. The van der Waals surface area contributed by atoms with Gasteiger partial charge in [0, 0.05) is 12.0 Å². The van der Waals surface area contributed by atoms with Gasteiger partial charge in [-0.05, 0) is 24.1 Å². The van der Waals surface area contributed by atoms with E-state index >= 15 is 0 Å². The van der Waals surface area contributed by atoms with Crippen molar-refractivity contribution in [3.8, 4) is 5.75 Å². The van der Waals surface area contributed by atoms with E-state index in [9.17, 15) is 18.0 Å². The van der Waals surface area contributed by atoms with Crippen LogP contribution in [-0.2, 0) is 6.42 Å². The van der Waals surface area contributed by atoms with Crippen LogP contribution in [0.4, 0.5) is 13.2 Å². The van der Waals surface area contributed by atoms with Crippen molar-refractivity contribution in [3.63, 3.8) is 0 Å². The number of Topliss-reactive ketones (excluding diaryl/α,β-unsaturated/α-hetero) is 1. The number of ether oxygens (including phenoxy) is 1. The molecule has 2 rings (SSSR count). The molecule has 5 heteroatoms. The van der Waals surface area contributed by atoms with Gasteiger partial charge in [-0.25, -0.2) is 0 Å². The minimum absolute atomic E-state index is 0.215. The largest absolute Gasteiger partial charge is 0.573 e. The molecule has 0 aliphatic carbocycles. The van der Waals surface area contributed by atoms with Gasteiger partial charge in [-0.1, -0.05) is 42.5 Å². The van der Waals surface area contributed by atoms with Crippen molar-refractivity contribution in [3.05, 3.63) is 65.7 Å². The second kappa shape index (κ2) is 6.43. The highest BCUT2D eigenvalue weighted by atomic mass is 19.4. The van der Waals surface area contributed by atoms with Gasteiger partial charge in [-0.2, -0.15) is 0 Å². The SMILES string of the molecule is O=C(CCc1ccccc1)c1cccc(OC(F)(F)F)c1. The molecule has 21 heavy (non-hydrogen) atoms. The number of hydrogen-bond acceptors (Lipinski definition) is 2. The van der Waals surface area contributed by atoms with Crippen LogP contribution in [0, 0.1) is 0 Å². The Kier molecular flexibility index (Phi) is 4.62. The van der Waals surface area contributed by atoms with Gasteiger partial charge in [0.1, 0.15) is 5.75 Å². The van der Waals surface area contributed by atoms with Crippen LogP contribution < -0.4 is 4.74 Å². The first-order valence-electron chi connectivity index (χ1n) is 6.37. The van der Waals surface area contributed by atoms with Gasteiger partial charge in [-0.3, -0.25) is 4.79 Å². The maximum absolute atomic E-state index is 12.1. The summed E-state index contributed by atoms with van der Waals surface area (Å²) in [5.41, 5.74) is 1.22. The summed E-state index contributed by atoms with van der Waals surface area (Å²) >= 11 is 0. The summed E-state index contributed by atoms with van der Waals surface area (Å²) in [5, 5.41) is 0. The Bertz CT molecular complexity index is 606. The standard InChI is InChI=1S/C16H13F3O2/c17-16(18,19)21-14-8-4-7-13(11-14)15(20)10-9-12-5-2-1-3-6-12/h1-8,11H,9-10H2. The highest BCUT2D eigenvalue weighted by molar-refractivity contribution is 5.96. The first kappa shape index (κ1) is 15.1. The molecule has 0 heterocycles. The van der Waals surface area contributed by atoms with E-state index < -0.39 is 6.36 Å². The molecule has 0 fully saturated rings. The molecule has 0 unspecified atom stereocenters. The first-order chi connectivity index (χ1) is 9.94. The molecule has 0 aliphatic heterocycles. The lowest BCUT2D eigenvalue weighted by Gasteiger charge is -2.09. The number of aryl methyl sites for hydroxylation is 1. The van der Waals surface area contributed by atoms with E-state index in [4.69, 9.17) is 0 Å². The smallest absolute Gasteiger partial charge is 0.406 e. The fourth-order valence-corrected chi connectivity index (χ4v) is 1.91. The van der Waals surface area contributed by atoms with Crippen LogP contribution >= 0.6 is 0 Å². The lowest BCUT2D eigenvalue weighted by atomic mass is 10.0. The molecule has 0 spiro atoms. The minimum atomic E-state index is -4.76. The molecule has 2 aromatic rings. The fraction of sp³-hybridized carbons (Fsp3) is 0.188. The highest BCUT2D eigenvalue weighted by Crippen LogP contribution is 2.23. The average molecular weight is 294 g/mol. The number of alkyl halides is 3. The topological polar surface area (TPSA) is 26.3 Å². The zero-order valence-corrected chi connectivity index (χ0v) is 11.1. The average Bonchev–Trinajstić information content (AvgIpc) is 2.44. The predicted octanol–water partition coefficient (Wildman–Crippen LogP) is 4.40. The van der Waals surface area contributed by atoms with Crippen LogP contribution in [0.25, 0.3) is 0 Å². The van der Waals surface area contributed by atoms with Crippen molar-refractivity contribution >= 4 is 5.78 Å². The molecule has 0 aromatic heterocycles. The van der Waals surface area contributed by atoms with Crippen molar-refractivity contribution in [1.82, 2.24) is 0 Å². The second-order valence-electron chi connectivity index (χ2n) is 4.48. The number of carbonyl (C=O) groups is 1. The zero-order valence-electron chi connectivity index (χ0n) is 11.1. The van der Waals surface area contributed by atoms with Gasteiger partial charge in [0.25, 0.3) is 0 Å². The molecular weight excluding hydrogens is 281 g/mol. The highest BCUT2D eigenvalue weighted by Gasteiger charge is 2.31. The van der Waals surface area contributed by atoms with Crippen LogP contribution in [0.15, 0.2) is 54.6 Å². The van der Waals surface area contributed by atoms with Crippen LogP contribution in [0.1, 0.15) is 22.3 Å². The molecule has 0 atom stereocenters. The lowest BCUT2D eigenvalue weighted by molar-refractivity contribution is -0.274. The van der Waals surface area contributed by atoms with E-state index in [1.807, 2.05) is 30.3 Å². The Morgan fingerprint density at radius 3 is 2.38 bits per heavy atom. The van der Waals surface area contributed by atoms with Crippen molar-refractivity contribution in [2.24, 2.45) is 0 Å². The molecule has 0 saturated carbocycles. The van der Waals surface area contributed by atoms with Crippen molar-refractivity contribution in [1.29, 1.82) is 0 Å². The first-order valence-corrected chi connectivity index (χ1v) is 6.37. The van der Waals surface area contributed by atoms with Gasteiger partial charge >= 0.3 is 6.36 Å². The summed E-state index contributed by atoms with van der Waals surface area (Å²) in [6, 6.07) is 14.6. The van der Waals surface area contributed by atoms with Crippen molar-refractivity contribution in [2.75, 3.05) is 0 Å². The summed E-state index contributed by atoms with van der Waals surface area (Å²) in [4.78, 5) is 12.0. The van der Waals surface area contributed by atoms with E-state index in [1.54, 1.807) is 0 Å². The Morgan fingerprint density at radius 2 is 1.71 bits per heavy atom. The third-order valence-electron chi connectivity index (χ3n) is 2.87. The van der Waals surface area contributed by atoms with Crippen LogP contribution in [0.5, 0.6) is 5.75 Å². The molecule has 2 nitrogen and oxygen atoms in total. The number of carbonyl (C=O) groups excluding carboxylic acids is 1. The Balaban J connectivity index is 2.01. The van der Waals surface area contributed by atoms with Crippen molar-refractivity contribution in [2.45, 2.75) is 19.2 Å². The number of ketones is 1. The van der Waals surface area contributed by atoms with Gasteiger partial charge in [0.15, 0.2) is 5.78 Å². The van der Waals surface area contributed by atoms with Gasteiger partial charge < -0.3 is 4.74 Å². The summed E-state index contributed by atoms with van der Waals surface area (Å²) in [6.45, 7) is 0. The van der Waals surface area contributed by atoms with Crippen LogP contribution in [0.2, 0.25) is 0 Å². The molecule has 0 amide bonds. The summed E-state index contributed by atoms with van der Waals surface area (Å²) in [5.74, 6) is -0.598. The molecule has 110 valence electrons. The number of benzene rings is 2. The minimum Gasteiger partial charge on any atom is -0.406 e. The summed E-state index contributed by atoms with van der Waals surface area (Å²) in [6.07, 6.45) is -3.98. The van der Waals surface area contributed by atoms with Gasteiger partial charge in [0.05, 0.1) is 0 Å². The number of halogens is 3. The van der Waals surface area contributed by atoms with E-state index in [0.29, 0.717) is 6.42 Å². The van der Waals surface area contributed by atoms with E-state index in [-0.39, 0.29) is 23.5 Å². The number of rotatable bonds is 5. The Hall–Kier alpha value is -2.30. The quantitative estimate of drug-likeness (QED) is 0.764. The second-order valence-corrected chi connectivity index (χ2v) is 4.48. The summed E-state index contributed by atoms with van der Waals surface area (Å²) < 4.78 is 40.2. The molecule has 0 radical (unpaired) electrons. The molecule has 0 saturated heterocycles. The predicted molar refractivity (Wildman–Crippen MR) is 72.2 cm³/mol. The maximum atomic E-state index is 12.1. The van der Waals surface area contributed by atoms with Gasteiger partial charge in [0.2, 0.25) is 0 Å². The van der Waals surface area contributed by atoms with E-state index in [0.717, 1.165) is 11.6 Å². The maximum Gasteiger partial charge on any atom is 0.573 e. The summed E-state index contributed by atoms with van der Waals surface area (Å²) in [7, 11) is 0. The van der Waals surface area contributed by atoms with Crippen molar-refractivity contribution < 1.29 is 22.7 Å². The van der Waals surface area contributed by atoms with Crippen LogP contribution in [0.3, 0.4) is 0 Å². The van der Waals surface area contributed by atoms with E-state index in [2.05, 4.69) is 4.74 Å². The number of hydrogen-bond donors (Lipinski definition) is 0. The fourth-order valence-electron chi connectivity index (χ4n) is 1.91. The molecule has 0 aliphatic rings. The third kappa shape index (κ3) is 4.95. The van der Waals surface area contributed by atoms with E-state index in [1.165, 1.54) is 18.2 Å². The third-order valence-corrected chi connectivity index (χ3v) is 2.87. The lowest BCUT2D eigenvalue weighted by Crippen LogP contribution is -2.17. The Labute approximate surface area is 120 Å².